The SMILES string of the molecule is COc1ccc(NC(=O)CCN(CCC(C)C)C(C)=O)cc1. The molecular formula is C17H26N2O3. The number of carbonyl (C=O) groups is 2. The molecule has 1 N–H and O–H groups in total. The van der Waals surface area contributed by atoms with E-state index in [0.29, 0.717) is 25.4 Å². The maximum absolute atomic E-state index is 12.0. The Morgan fingerprint density at radius 3 is 2.32 bits per heavy atom. The first-order chi connectivity index (χ1) is 10.4. The largest absolute Gasteiger partial charge is 0.497 e. The lowest BCUT2D eigenvalue weighted by atomic mass is 10.1. The van der Waals surface area contributed by atoms with E-state index in [-0.39, 0.29) is 11.8 Å². The van der Waals surface area contributed by atoms with E-state index < -0.39 is 0 Å². The van der Waals surface area contributed by atoms with Gasteiger partial charge in [-0.25, -0.2) is 0 Å². The van der Waals surface area contributed by atoms with E-state index in [1.165, 1.54) is 0 Å². The molecule has 0 spiro atoms. The Hall–Kier alpha value is -2.04. The van der Waals surface area contributed by atoms with Gasteiger partial charge in [0.25, 0.3) is 0 Å². The molecule has 122 valence electrons. The lowest BCUT2D eigenvalue weighted by Gasteiger charge is -2.21. The van der Waals surface area contributed by atoms with Crippen molar-refractivity contribution in [2.75, 3.05) is 25.5 Å². The van der Waals surface area contributed by atoms with Crippen molar-refractivity contribution in [3.63, 3.8) is 0 Å². The normalized spacial score (nSPS) is 10.4. The van der Waals surface area contributed by atoms with Gasteiger partial charge in [0.2, 0.25) is 11.8 Å². The number of carbonyl (C=O) groups excluding carboxylic acids is 2. The molecule has 1 rings (SSSR count). The monoisotopic (exact) mass is 306 g/mol. The van der Waals surface area contributed by atoms with Gasteiger partial charge in [-0.05, 0) is 36.6 Å². The molecule has 0 aliphatic carbocycles. The van der Waals surface area contributed by atoms with E-state index in [0.717, 1.165) is 17.9 Å². The molecule has 22 heavy (non-hydrogen) atoms. The highest BCUT2D eigenvalue weighted by molar-refractivity contribution is 5.91. The molecule has 0 saturated heterocycles. The summed E-state index contributed by atoms with van der Waals surface area (Å²) in [4.78, 5) is 25.3. The molecule has 0 aromatic heterocycles. The van der Waals surface area contributed by atoms with Crippen LogP contribution in [0, 0.1) is 5.92 Å². The van der Waals surface area contributed by atoms with Crippen LogP contribution in [0.1, 0.15) is 33.6 Å². The van der Waals surface area contributed by atoms with Crippen LogP contribution in [0.25, 0.3) is 0 Å². The zero-order valence-corrected chi connectivity index (χ0v) is 13.9. The fraction of sp³-hybridized carbons (Fsp3) is 0.529. The fourth-order valence-corrected chi connectivity index (χ4v) is 1.98. The summed E-state index contributed by atoms with van der Waals surface area (Å²) in [7, 11) is 1.60. The number of ether oxygens (including phenoxy) is 1. The van der Waals surface area contributed by atoms with E-state index in [1.807, 2.05) is 0 Å². The van der Waals surface area contributed by atoms with E-state index in [9.17, 15) is 9.59 Å². The number of nitrogens with zero attached hydrogens (tertiary/aromatic N) is 1. The van der Waals surface area contributed by atoms with Crippen LogP contribution in [0.15, 0.2) is 24.3 Å². The Balaban J connectivity index is 2.43. The minimum absolute atomic E-state index is 0.0119. The zero-order valence-electron chi connectivity index (χ0n) is 13.9. The molecule has 0 bridgehead atoms. The van der Waals surface area contributed by atoms with Crippen LogP contribution in [0.4, 0.5) is 5.69 Å². The third-order valence-electron chi connectivity index (χ3n) is 3.40. The summed E-state index contributed by atoms with van der Waals surface area (Å²) in [5.41, 5.74) is 0.724. The average Bonchev–Trinajstić information content (AvgIpc) is 2.47. The van der Waals surface area contributed by atoms with Crippen molar-refractivity contribution in [2.45, 2.75) is 33.6 Å². The maximum atomic E-state index is 12.0. The lowest BCUT2D eigenvalue weighted by Crippen LogP contribution is -2.33. The molecule has 0 atom stereocenters. The Morgan fingerprint density at radius 1 is 1.18 bits per heavy atom. The Kier molecular flexibility index (Phi) is 7.43. The number of anilines is 1. The lowest BCUT2D eigenvalue weighted by molar-refractivity contribution is -0.129. The van der Waals surface area contributed by atoms with Gasteiger partial charge in [-0.2, -0.15) is 0 Å². The van der Waals surface area contributed by atoms with Gasteiger partial charge < -0.3 is 15.0 Å². The van der Waals surface area contributed by atoms with Crippen molar-refractivity contribution < 1.29 is 14.3 Å². The van der Waals surface area contributed by atoms with E-state index in [1.54, 1.807) is 43.2 Å². The van der Waals surface area contributed by atoms with Crippen molar-refractivity contribution in [1.82, 2.24) is 4.90 Å². The first kappa shape index (κ1) is 18.0. The highest BCUT2D eigenvalue weighted by atomic mass is 16.5. The molecule has 0 aliphatic rings. The van der Waals surface area contributed by atoms with Crippen LogP contribution < -0.4 is 10.1 Å². The predicted octanol–water partition coefficient (Wildman–Crippen LogP) is 2.92. The van der Waals surface area contributed by atoms with Crippen LogP contribution in [0.2, 0.25) is 0 Å². The Bertz CT molecular complexity index is 483. The van der Waals surface area contributed by atoms with E-state index in [2.05, 4.69) is 19.2 Å². The molecule has 2 amide bonds. The van der Waals surface area contributed by atoms with Crippen LogP contribution in [0.3, 0.4) is 0 Å². The topological polar surface area (TPSA) is 58.6 Å². The minimum Gasteiger partial charge on any atom is -0.497 e. The van der Waals surface area contributed by atoms with Crippen molar-refractivity contribution in [1.29, 1.82) is 0 Å². The molecule has 1 aromatic carbocycles. The standard InChI is InChI=1S/C17H26N2O3/c1-13(2)9-11-19(14(3)20)12-10-17(21)18-15-5-7-16(22-4)8-6-15/h5-8,13H,9-12H2,1-4H3,(H,18,21). The van der Waals surface area contributed by atoms with Gasteiger partial charge >= 0.3 is 0 Å². The summed E-state index contributed by atoms with van der Waals surface area (Å²) < 4.78 is 5.07. The molecule has 0 heterocycles. The fourth-order valence-electron chi connectivity index (χ4n) is 1.98. The summed E-state index contributed by atoms with van der Waals surface area (Å²) in [6.45, 7) is 6.93. The average molecular weight is 306 g/mol. The van der Waals surface area contributed by atoms with Gasteiger partial charge in [0.1, 0.15) is 5.75 Å². The summed E-state index contributed by atoms with van der Waals surface area (Å²) in [6.07, 6.45) is 1.24. The maximum Gasteiger partial charge on any atom is 0.226 e. The predicted molar refractivity (Wildman–Crippen MR) is 87.9 cm³/mol. The third-order valence-corrected chi connectivity index (χ3v) is 3.40. The summed E-state index contributed by atoms with van der Waals surface area (Å²) in [6, 6.07) is 7.16. The van der Waals surface area contributed by atoms with Gasteiger partial charge in [-0.15, -0.1) is 0 Å². The second-order valence-corrected chi connectivity index (χ2v) is 5.72. The number of rotatable bonds is 8. The molecule has 1 aromatic rings. The molecule has 0 fully saturated rings. The van der Waals surface area contributed by atoms with Gasteiger partial charge in [-0.1, -0.05) is 13.8 Å². The summed E-state index contributed by atoms with van der Waals surface area (Å²) in [5, 5.41) is 2.82. The van der Waals surface area contributed by atoms with E-state index in [4.69, 9.17) is 4.74 Å². The van der Waals surface area contributed by atoms with Gasteiger partial charge in [0.15, 0.2) is 0 Å². The molecular weight excluding hydrogens is 280 g/mol. The quantitative estimate of drug-likeness (QED) is 0.803. The van der Waals surface area contributed by atoms with Crippen LogP contribution in [-0.2, 0) is 9.59 Å². The first-order valence-corrected chi connectivity index (χ1v) is 7.61. The number of nitrogens with one attached hydrogen (secondary N) is 1. The first-order valence-electron chi connectivity index (χ1n) is 7.61. The Labute approximate surface area is 132 Å². The molecule has 0 saturated carbocycles. The van der Waals surface area contributed by atoms with Gasteiger partial charge in [0.05, 0.1) is 7.11 Å². The number of amides is 2. The number of hydrogen-bond donors (Lipinski definition) is 1. The van der Waals surface area contributed by atoms with E-state index >= 15 is 0 Å². The highest BCUT2D eigenvalue weighted by Gasteiger charge is 2.12. The summed E-state index contributed by atoms with van der Waals surface area (Å²) in [5.74, 6) is 1.20. The van der Waals surface area contributed by atoms with Crippen LogP contribution >= 0.6 is 0 Å². The summed E-state index contributed by atoms with van der Waals surface area (Å²) >= 11 is 0. The molecule has 5 heteroatoms. The number of benzene rings is 1. The highest BCUT2D eigenvalue weighted by Crippen LogP contribution is 2.15. The third kappa shape index (κ3) is 6.61. The second-order valence-electron chi connectivity index (χ2n) is 5.72. The molecule has 5 nitrogen and oxygen atoms in total. The second kappa shape index (κ2) is 9.07. The van der Waals surface area contributed by atoms with Crippen LogP contribution in [-0.4, -0.2) is 36.9 Å². The molecule has 0 radical (unpaired) electrons. The molecule has 0 aliphatic heterocycles. The zero-order chi connectivity index (χ0) is 16.5. The molecule has 0 unspecified atom stereocenters. The number of methoxy groups -OCH3 is 1. The van der Waals surface area contributed by atoms with Crippen LogP contribution in [0.5, 0.6) is 5.75 Å². The smallest absolute Gasteiger partial charge is 0.226 e. The van der Waals surface area contributed by atoms with Crippen molar-refractivity contribution in [3.05, 3.63) is 24.3 Å². The van der Waals surface area contributed by atoms with Crippen molar-refractivity contribution in [2.24, 2.45) is 5.92 Å². The van der Waals surface area contributed by atoms with Gasteiger partial charge in [0, 0.05) is 32.1 Å². The van der Waals surface area contributed by atoms with Crippen molar-refractivity contribution >= 4 is 17.5 Å². The minimum atomic E-state index is -0.0963. The number of hydrogen-bond acceptors (Lipinski definition) is 3. The van der Waals surface area contributed by atoms with Crippen molar-refractivity contribution in [3.8, 4) is 5.75 Å². The Morgan fingerprint density at radius 2 is 1.82 bits per heavy atom. The van der Waals surface area contributed by atoms with Gasteiger partial charge in [-0.3, -0.25) is 9.59 Å².